The van der Waals surface area contributed by atoms with E-state index in [-0.39, 0.29) is 143 Å². The summed E-state index contributed by atoms with van der Waals surface area (Å²) >= 11 is 1.76. The van der Waals surface area contributed by atoms with Crippen LogP contribution in [0.1, 0.15) is 139 Å². The lowest BCUT2D eigenvalue weighted by molar-refractivity contribution is -0.129. The summed E-state index contributed by atoms with van der Waals surface area (Å²) < 4.78 is 82.9. The number of phenols is 2. The Morgan fingerprint density at radius 3 is 1.28 bits per heavy atom. The number of aromatic hydroxyl groups is 2. The third-order valence-corrected chi connectivity index (χ3v) is 31.4. The molecule has 6 aromatic carbocycles. The van der Waals surface area contributed by atoms with Crippen molar-refractivity contribution < 1.29 is 69.2 Å². The van der Waals surface area contributed by atoms with E-state index in [1.165, 1.54) is 51.1 Å². The van der Waals surface area contributed by atoms with Gasteiger partial charge in [-0.25, -0.2) is 21.6 Å². The number of sulfone groups is 1. The fourth-order valence-corrected chi connectivity index (χ4v) is 24.9. The van der Waals surface area contributed by atoms with Crippen LogP contribution in [0.2, 0.25) is 16.6 Å². The summed E-state index contributed by atoms with van der Waals surface area (Å²) in [5, 5.41) is 23.8. The number of thioether (sulfide) groups is 1. The first-order valence-electron chi connectivity index (χ1n) is 36.3. The van der Waals surface area contributed by atoms with Crippen molar-refractivity contribution in [1.82, 2.24) is 44.4 Å². The molecule has 1 atom stereocenters. The molecule has 0 radical (unpaired) electrons. The average Bonchev–Trinajstić information content (AvgIpc) is 1.70. The Bertz CT molecular complexity index is 5300. The summed E-state index contributed by atoms with van der Waals surface area (Å²) in [5.41, 5.74) is 12.4. The maximum Gasteiger partial charge on any atom is 0.258 e. The van der Waals surface area contributed by atoms with Crippen molar-refractivity contribution in [1.29, 1.82) is 0 Å². The molecule has 0 saturated carbocycles. The van der Waals surface area contributed by atoms with Crippen molar-refractivity contribution in [3.63, 3.8) is 0 Å². The molecule has 0 spiro atoms. The second kappa shape index (κ2) is 31.3. The highest BCUT2D eigenvalue weighted by molar-refractivity contribution is 7.99. The van der Waals surface area contributed by atoms with Crippen molar-refractivity contribution in [3.8, 4) is 17.2 Å². The second-order valence-corrected chi connectivity index (χ2v) is 40.1. The lowest BCUT2D eigenvalue weighted by atomic mass is 9.92. The fraction of sp³-hybridized carbons (Fsp3) is 0.370. The number of halogens is 3. The number of rotatable bonds is 17. The van der Waals surface area contributed by atoms with Crippen LogP contribution >= 0.6 is 11.8 Å². The van der Waals surface area contributed by atoms with Crippen LogP contribution < -0.4 is 4.43 Å². The predicted molar refractivity (Wildman–Crippen MR) is 415 cm³/mol. The number of phenolic OH excluding ortho intramolecular Hbond substituents is 2. The standard InChI is InChI=1S/C33H42FN3O3SSi.C24H22FN3O5S.C24H22FN3O4S/c1-20(2)42(21(3)4,22(5)6)40-32-30-28(18-36(7)33(30)39)26(16-29(38)37-12-13-41-19-37)27-15-24(17-35-31(27)32)14-23-8-10-25(34)11-9-23;1-27-12-19-17(10-20(29)28-6-7-34(32,33)13-28)18-9-15(8-14-2-4-16(25)5-3-14)11-26-22(18)23(30)21(19)24(27)31;1-27-12-19-17(10-20(29)28-6-7-33(32)13-28)18-9-15(8-14-2-4-16(25)5-3-14)11-26-22(18)23(30)21(19)24(27)31/h8-11,15,17,20-22H,12-14,16,18-19H2,1-7H3;2-5,9,11,30H,6-8,10,12-13H2,1H3;2-5,9,11,30H,6-8,10,12-13H2,1H3. The van der Waals surface area contributed by atoms with Crippen molar-refractivity contribution >= 4 is 109 Å². The van der Waals surface area contributed by atoms with Gasteiger partial charge in [0.1, 0.15) is 45.6 Å². The van der Waals surface area contributed by atoms with E-state index in [0.717, 1.165) is 62.2 Å². The van der Waals surface area contributed by atoms with Crippen LogP contribution in [0.4, 0.5) is 13.2 Å². The van der Waals surface area contributed by atoms with Crippen LogP contribution in [0, 0.1) is 17.5 Å². The van der Waals surface area contributed by atoms with Crippen molar-refractivity contribution in [2.45, 2.75) is 116 Å². The molecule has 9 heterocycles. The number of fused-ring (bicyclic) bond motifs is 6. The SMILES string of the molecule is CC(C)[Si](Oc1c2c(c(CC(=O)N3CCSC3)c3cc(Cc4ccc(F)cc4)cnc13)CN(C)C2=O)(C(C)C)C(C)C.CN1Cc2c(c(O)c3ncc(Cc4ccc(F)cc4)cc3c2CC(=O)N2CCS(=O)(=O)C2)C1=O.CN1Cc2c(c(O)c3ncc(Cc4ccc(F)cc4)cc3c2CC(=O)N2CCS(=O)C2)C1=O. The summed E-state index contributed by atoms with van der Waals surface area (Å²) in [6.45, 7) is 15.7. The molecule has 3 saturated heterocycles. The van der Waals surface area contributed by atoms with Gasteiger partial charge in [0.2, 0.25) is 17.7 Å². The topological polar surface area (TPSA) is 261 Å². The Morgan fingerprint density at radius 2 is 0.908 bits per heavy atom. The Labute approximate surface area is 638 Å². The third-order valence-electron chi connectivity index (χ3n) is 21.7. The van der Waals surface area contributed by atoms with E-state index < -0.39 is 29.0 Å². The van der Waals surface area contributed by atoms with Gasteiger partial charge in [0, 0.05) is 117 Å². The highest BCUT2D eigenvalue weighted by Crippen LogP contribution is 2.49. The molecule has 3 aromatic heterocycles. The van der Waals surface area contributed by atoms with E-state index >= 15 is 0 Å². The molecule has 6 aliphatic heterocycles. The normalized spacial score (nSPS) is 16.7. The molecule has 9 aromatic rings. The number of aromatic nitrogens is 3. The van der Waals surface area contributed by atoms with Gasteiger partial charge >= 0.3 is 0 Å². The van der Waals surface area contributed by atoms with Crippen molar-refractivity contribution in [2.75, 3.05) is 75.7 Å². The maximum absolute atomic E-state index is 13.8. The lowest BCUT2D eigenvalue weighted by Crippen LogP contribution is -2.51. The van der Waals surface area contributed by atoms with E-state index in [4.69, 9.17) is 9.41 Å². The summed E-state index contributed by atoms with van der Waals surface area (Å²) in [5.74, 6) is -0.0306. The monoisotopic (exact) mass is 1560 g/mol. The number of carbonyl (C=O) groups is 6. The smallest absolute Gasteiger partial charge is 0.258 e. The molecule has 6 amide bonds. The largest absolute Gasteiger partial charge is 0.541 e. The van der Waals surface area contributed by atoms with E-state index in [0.29, 0.717) is 110 Å². The summed E-state index contributed by atoms with van der Waals surface area (Å²) in [6, 6.07) is 24.6. The molecule has 3 fully saturated rings. The van der Waals surface area contributed by atoms with E-state index in [1.54, 1.807) is 84.4 Å². The minimum absolute atomic E-state index is 0.0269. The summed E-state index contributed by atoms with van der Waals surface area (Å²) in [4.78, 5) is 102. The Hall–Kier alpha value is -9.77. The van der Waals surface area contributed by atoms with Gasteiger partial charge in [-0.1, -0.05) is 77.9 Å². The van der Waals surface area contributed by atoms with Gasteiger partial charge in [0.25, 0.3) is 26.0 Å². The van der Waals surface area contributed by atoms with Crippen LogP contribution in [0.15, 0.2) is 110 Å². The zero-order chi connectivity index (χ0) is 77.8. The van der Waals surface area contributed by atoms with Crippen LogP contribution in [0.25, 0.3) is 32.7 Å². The Morgan fingerprint density at radius 1 is 0.532 bits per heavy atom. The number of pyridine rings is 3. The minimum Gasteiger partial charge on any atom is -0.541 e. The predicted octanol–water partition coefficient (Wildman–Crippen LogP) is 11.5. The highest BCUT2D eigenvalue weighted by atomic mass is 32.2. The van der Waals surface area contributed by atoms with Gasteiger partial charge in [-0.15, -0.1) is 11.8 Å². The zero-order valence-electron chi connectivity index (χ0n) is 62.2. The number of amides is 6. The molecule has 28 heteroatoms. The molecular formula is C81H86F3N9O12S3Si. The fourth-order valence-electron chi connectivity index (χ4n) is 16.2. The minimum atomic E-state index is -3.29. The first-order chi connectivity index (χ1) is 51.9. The molecular weight excluding hydrogens is 1470 g/mol. The van der Waals surface area contributed by atoms with Gasteiger partial charge < -0.3 is 44.0 Å². The first kappa shape index (κ1) is 77.4. The number of hydrogen-bond acceptors (Lipinski definition) is 16. The second-order valence-electron chi connectivity index (χ2n) is 29.9. The van der Waals surface area contributed by atoms with Crippen LogP contribution in [-0.2, 0) is 93.2 Å². The van der Waals surface area contributed by atoms with Crippen LogP contribution in [0.5, 0.6) is 17.2 Å². The molecule has 570 valence electrons. The third kappa shape index (κ3) is 15.6. The molecule has 0 aliphatic carbocycles. The summed E-state index contributed by atoms with van der Waals surface area (Å²) in [6.07, 6.45) is 6.69. The van der Waals surface area contributed by atoms with Gasteiger partial charge in [0.15, 0.2) is 21.3 Å². The molecule has 21 nitrogen and oxygen atoms in total. The molecule has 109 heavy (non-hydrogen) atoms. The molecule has 1 unspecified atom stereocenters. The van der Waals surface area contributed by atoms with E-state index in [1.807, 2.05) is 30.3 Å². The maximum atomic E-state index is 13.8. The van der Waals surface area contributed by atoms with E-state index in [2.05, 4.69) is 57.6 Å². The van der Waals surface area contributed by atoms with E-state index in [9.17, 15) is 64.8 Å². The zero-order valence-corrected chi connectivity index (χ0v) is 65.7. The van der Waals surface area contributed by atoms with Gasteiger partial charge in [-0.3, -0.25) is 47.9 Å². The van der Waals surface area contributed by atoms with Gasteiger partial charge in [-0.05, 0) is 157 Å². The van der Waals surface area contributed by atoms with Crippen molar-refractivity contribution in [3.05, 3.63) is 210 Å². The molecule has 6 aliphatic rings. The highest BCUT2D eigenvalue weighted by Gasteiger charge is 2.49. The molecule has 15 rings (SSSR count). The lowest BCUT2D eigenvalue weighted by Gasteiger charge is -2.42. The Balaban J connectivity index is 0.000000145. The van der Waals surface area contributed by atoms with Gasteiger partial charge in [0.05, 0.1) is 53.5 Å². The average molecular weight is 1560 g/mol. The number of hydrogen-bond donors (Lipinski definition) is 2. The van der Waals surface area contributed by atoms with Crippen LogP contribution in [-0.4, -0.2) is 187 Å². The molecule has 2 N–H and O–H groups in total. The molecule has 0 bridgehead atoms. The first-order valence-corrected chi connectivity index (χ1v) is 42.9. The summed E-state index contributed by atoms with van der Waals surface area (Å²) in [7, 11) is -1.72. The van der Waals surface area contributed by atoms with Crippen molar-refractivity contribution in [2.24, 2.45) is 0 Å². The van der Waals surface area contributed by atoms with Gasteiger partial charge in [-0.2, -0.15) is 0 Å². The number of benzene rings is 6. The van der Waals surface area contributed by atoms with Crippen LogP contribution in [0.3, 0.4) is 0 Å². The number of nitrogens with zero attached hydrogens (tertiary/aromatic N) is 9. The Kier molecular flexibility index (Phi) is 22.2. The quantitative estimate of drug-likeness (QED) is 0.0803. The number of carbonyl (C=O) groups excluding carboxylic acids is 6.